The van der Waals surface area contributed by atoms with Crippen LogP contribution in [0.4, 0.5) is 0 Å². The van der Waals surface area contributed by atoms with E-state index in [1.807, 2.05) is 30.3 Å². The molecule has 1 rings (SSSR count). The van der Waals surface area contributed by atoms with Crippen LogP contribution in [0.2, 0.25) is 0 Å². The van der Waals surface area contributed by atoms with E-state index >= 15 is 0 Å². The van der Waals surface area contributed by atoms with Crippen LogP contribution < -0.4 is 15.4 Å². The molecule has 0 aromatic heterocycles. The molecule has 21 heavy (non-hydrogen) atoms. The standard InChI is InChI=1S/C13H22N4O2S.HI/c1-14-13(15-9-6-10-17-20(2,18)19)16-11-12-7-4-3-5-8-12;/h3-5,7-8,17H,6,9-11H2,1-2H3,(H2,14,15,16);1H. The maximum atomic E-state index is 10.9. The first-order valence-electron chi connectivity index (χ1n) is 6.44. The second-order valence-electron chi connectivity index (χ2n) is 4.36. The molecule has 3 N–H and O–H groups in total. The molecule has 8 heteroatoms. The zero-order valence-corrected chi connectivity index (χ0v) is 15.4. The van der Waals surface area contributed by atoms with Crippen molar-refractivity contribution in [3.05, 3.63) is 35.9 Å². The Hall–Kier alpha value is -0.870. The molecule has 0 saturated carbocycles. The largest absolute Gasteiger partial charge is 0.356 e. The molecule has 1 aromatic rings. The third kappa shape index (κ3) is 10.5. The molecular formula is C13H23IN4O2S. The number of hydrogen-bond acceptors (Lipinski definition) is 3. The molecule has 0 fully saturated rings. The summed E-state index contributed by atoms with van der Waals surface area (Å²) in [7, 11) is -1.40. The molecule has 120 valence electrons. The van der Waals surface area contributed by atoms with Gasteiger partial charge in [0.1, 0.15) is 0 Å². The lowest BCUT2D eigenvalue weighted by Crippen LogP contribution is -2.38. The van der Waals surface area contributed by atoms with Gasteiger partial charge in [-0.3, -0.25) is 4.99 Å². The predicted molar refractivity (Wildman–Crippen MR) is 97.5 cm³/mol. The average Bonchev–Trinajstić information content (AvgIpc) is 2.42. The minimum atomic E-state index is -3.10. The minimum Gasteiger partial charge on any atom is -0.356 e. The lowest BCUT2D eigenvalue weighted by molar-refractivity contribution is 0.584. The number of aliphatic imine (C=N–C) groups is 1. The van der Waals surface area contributed by atoms with Crippen molar-refractivity contribution in [2.75, 3.05) is 26.4 Å². The van der Waals surface area contributed by atoms with E-state index in [9.17, 15) is 8.42 Å². The predicted octanol–water partition coefficient (Wildman–Crippen LogP) is 0.909. The van der Waals surface area contributed by atoms with Crippen LogP contribution in [0.1, 0.15) is 12.0 Å². The van der Waals surface area contributed by atoms with Gasteiger partial charge in [-0.1, -0.05) is 30.3 Å². The van der Waals surface area contributed by atoms with Crippen LogP contribution in [-0.2, 0) is 16.6 Å². The van der Waals surface area contributed by atoms with E-state index in [2.05, 4.69) is 20.3 Å². The van der Waals surface area contributed by atoms with Crippen molar-refractivity contribution in [3.8, 4) is 0 Å². The molecule has 0 unspecified atom stereocenters. The molecule has 0 spiro atoms. The molecule has 1 aromatic carbocycles. The first-order valence-corrected chi connectivity index (χ1v) is 8.33. The van der Waals surface area contributed by atoms with E-state index in [0.717, 1.165) is 6.26 Å². The maximum Gasteiger partial charge on any atom is 0.208 e. The number of hydrogen-bond donors (Lipinski definition) is 3. The van der Waals surface area contributed by atoms with Gasteiger partial charge in [0.15, 0.2) is 5.96 Å². The van der Waals surface area contributed by atoms with Crippen molar-refractivity contribution < 1.29 is 8.42 Å². The highest BCUT2D eigenvalue weighted by Gasteiger charge is 2.00. The Morgan fingerprint density at radius 1 is 1.14 bits per heavy atom. The van der Waals surface area contributed by atoms with Gasteiger partial charge < -0.3 is 10.6 Å². The number of benzene rings is 1. The summed E-state index contributed by atoms with van der Waals surface area (Å²) in [5.74, 6) is 0.702. The Kier molecular flexibility index (Phi) is 10.4. The van der Waals surface area contributed by atoms with E-state index < -0.39 is 10.0 Å². The smallest absolute Gasteiger partial charge is 0.208 e. The van der Waals surface area contributed by atoms with Gasteiger partial charge in [0.05, 0.1) is 6.26 Å². The van der Waals surface area contributed by atoms with Crippen molar-refractivity contribution in [2.45, 2.75) is 13.0 Å². The van der Waals surface area contributed by atoms with Crippen LogP contribution >= 0.6 is 24.0 Å². The molecule has 0 aliphatic carbocycles. The molecule has 0 bridgehead atoms. The first kappa shape index (κ1) is 20.1. The fraction of sp³-hybridized carbons (Fsp3) is 0.462. The molecule has 0 amide bonds. The third-order valence-corrected chi connectivity index (χ3v) is 3.27. The van der Waals surface area contributed by atoms with Crippen molar-refractivity contribution >= 4 is 40.0 Å². The lowest BCUT2D eigenvalue weighted by Gasteiger charge is -2.11. The van der Waals surface area contributed by atoms with Gasteiger partial charge in [-0.05, 0) is 12.0 Å². The summed E-state index contributed by atoms with van der Waals surface area (Å²) in [5, 5.41) is 6.32. The summed E-state index contributed by atoms with van der Waals surface area (Å²) in [4.78, 5) is 4.11. The second kappa shape index (κ2) is 10.8. The van der Waals surface area contributed by atoms with E-state index in [1.54, 1.807) is 7.05 Å². The number of nitrogens with zero attached hydrogens (tertiary/aromatic N) is 1. The van der Waals surface area contributed by atoms with Crippen molar-refractivity contribution in [2.24, 2.45) is 4.99 Å². The van der Waals surface area contributed by atoms with Gasteiger partial charge in [-0.15, -0.1) is 24.0 Å². The Bertz CT molecular complexity index is 520. The number of nitrogens with one attached hydrogen (secondary N) is 3. The lowest BCUT2D eigenvalue weighted by atomic mass is 10.2. The monoisotopic (exact) mass is 426 g/mol. The van der Waals surface area contributed by atoms with E-state index in [-0.39, 0.29) is 24.0 Å². The fourth-order valence-electron chi connectivity index (χ4n) is 1.56. The maximum absolute atomic E-state index is 10.9. The van der Waals surface area contributed by atoms with Gasteiger partial charge >= 0.3 is 0 Å². The van der Waals surface area contributed by atoms with Crippen LogP contribution in [0.25, 0.3) is 0 Å². The fourth-order valence-corrected chi connectivity index (χ4v) is 2.07. The van der Waals surface area contributed by atoms with E-state index in [0.29, 0.717) is 32.0 Å². The summed E-state index contributed by atoms with van der Waals surface area (Å²) in [6.07, 6.45) is 1.85. The minimum absolute atomic E-state index is 0. The average molecular weight is 426 g/mol. The molecule has 0 heterocycles. The number of rotatable bonds is 7. The van der Waals surface area contributed by atoms with Crippen molar-refractivity contribution in [3.63, 3.8) is 0 Å². The Labute approximate surface area is 143 Å². The van der Waals surface area contributed by atoms with Gasteiger partial charge in [0.2, 0.25) is 10.0 Å². The van der Waals surface area contributed by atoms with Gasteiger partial charge in [0.25, 0.3) is 0 Å². The molecule has 0 aliphatic rings. The van der Waals surface area contributed by atoms with Crippen LogP contribution in [0, 0.1) is 0 Å². The molecule has 0 atom stereocenters. The molecule has 0 aliphatic heterocycles. The van der Waals surface area contributed by atoms with Crippen LogP contribution in [0.5, 0.6) is 0 Å². The molecular weight excluding hydrogens is 403 g/mol. The summed E-state index contributed by atoms with van der Waals surface area (Å²) in [5.41, 5.74) is 1.18. The highest BCUT2D eigenvalue weighted by atomic mass is 127. The summed E-state index contributed by atoms with van der Waals surface area (Å²) < 4.78 is 24.2. The third-order valence-electron chi connectivity index (χ3n) is 2.54. The number of guanidine groups is 1. The van der Waals surface area contributed by atoms with Gasteiger partial charge in [0, 0.05) is 26.7 Å². The Morgan fingerprint density at radius 3 is 2.38 bits per heavy atom. The summed E-state index contributed by atoms with van der Waals surface area (Å²) in [6.45, 7) is 1.76. The second-order valence-corrected chi connectivity index (χ2v) is 6.19. The van der Waals surface area contributed by atoms with Crippen molar-refractivity contribution in [1.82, 2.24) is 15.4 Å². The quantitative estimate of drug-likeness (QED) is 0.262. The molecule has 0 radical (unpaired) electrons. The highest BCUT2D eigenvalue weighted by Crippen LogP contribution is 1.96. The van der Waals surface area contributed by atoms with Gasteiger partial charge in [-0.2, -0.15) is 0 Å². The zero-order chi connectivity index (χ0) is 14.8. The first-order chi connectivity index (χ1) is 9.51. The molecule has 6 nitrogen and oxygen atoms in total. The van der Waals surface area contributed by atoms with Crippen LogP contribution in [0.15, 0.2) is 35.3 Å². The number of halogens is 1. The van der Waals surface area contributed by atoms with Crippen LogP contribution in [-0.4, -0.2) is 40.8 Å². The SMILES string of the molecule is CN=C(NCCCNS(C)(=O)=O)NCc1ccccc1.I. The van der Waals surface area contributed by atoms with E-state index in [4.69, 9.17) is 0 Å². The Morgan fingerprint density at radius 2 is 1.81 bits per heavy atom. The number of sulfonamides is 1. The van der Waals surface area contributed by atoms with Gasteiger partial charge in [-0.25, -0.2) is 13.1 Å². The Balaban J connectivity index is 0.00000400. The highest BCUT2D eigenvalue weighted by molar-refractivity contribution is 14.0. The molecule has 0 saturated heterocycles. The summed E-state index contributed by atoms with van der Waals surface area (Å²) >= 11 is 0. The summed E-state index contributed by atoms with van der Waals surface area (Å²) in [6, 6.07) is 10.0. The van der Waals surface area contributed by atoms with Crippen LogP contribution in [0.3, 0.4) is 0 Å². The van der Waals surface area contributed by atoms with Crippen molar-refractivity contribution in [1.29, 1.82) is 0 Å². The zero-order valence-electron chi connectivity index (χ0n) is 12.3. The normalized spacial score (nSPS) is 11.6. The van der Waals surface area contributed by atoms with E-state index in [1.165, 1.54) is 5.56 Å². The topological polar surface area (TPSA) is 82.6 Å².